The SMILES string of the molecule is CS(=O)(=O)c1ccc(C(=O)N2CC(CC(=O)O)C2)cc1. The summed E-state index contributed by atoms with van der Waals surface area (Å²) in [4.78, 5) is 24.3. The number of likely N-dealkylation sites (tertiary alicyclic amines) is 1. The summed E-state index contributed by atoms with van der Waals surface area (Å²) >= 11 is 0. The van der Waals surface area contributed by atoms with Gasteiger partial charge in [0.25, 0.3) is 5.91 Å². The van der Waals surface area contributed by atoms with Gasteiger partial charge in [0.05, 0.1) is 11.3 Å². The molecule has 6 nitrogen and oxygen atoms in total. The number of aliphatic carboxylic acids is 1. The lowest BCUT2D eigenvalue weighted by atomic mass is 9.95. The molecule has 1 aliphatic rings. The van der Waals surface area contributed by atoms with Crippen molar-refractivity contribution in [2.24, 2.45) is 5.92 Å². The number of nitrogens with zero attached hydrogens (tertiary/aromatic N) is 1. The minimum Gasteiger partial charge on any atom is -0.481 e. The molecule has 0 aromatic heterocycles. The quantitative estimate of drug-likeness (QED) is 0.880. The number of carboxylic acid groups (broad SMARTS) is 1. The zero-order chi connectivity index (χ0) is 14.9. The fraction of sp³-hybridized carbons (Fsp3) is 0.385. The maximum atomic E-state index is 12.0. The second kappa shape index (κ2) is 5.24. The molecule has 0 aliphatic carbocycles. The minimum atomic E-state index is -3.27. The number of carbonyl (C=O) groups excluding carboxylic acids is 1. The summed E-state index contributed by atoms with van der Waals surface area (Å²) in [7, 11) is -3.27. The lowest BCUT2D eigenvalue weighted by Gasteiger charge is -2.38. The van der Waals surface area contributed by atoms with Crippen LogP contribution in [0.4, 0.5) is 0 Å². The van der Waals surface area contributed by atoms with Gasteiger partial charge in [0, 0.05) is 30.8 Å². The first-order valence-electron chi connectivity index (χ1n) is 6.08. The van der Waals surface area contributed by atoms with E-state index in [0.29, 0.717) is 18.7 Å². The van der Waals surface area contributed by atoms with Crippen LogP contribution in [0.25, 0.3) is 0 Å². The zero-order valence-electron chi connectivity index (χ0n) is 10.9. The van der Waals surface area contributed by atoms with Gasteiger partial charge in [0.1, 0.15) is 0 Å². The van der Waals surface area contributed by atoms with Gasteiger partial charge in [-0.2, -0.15) is 0 Å². The van der Waals surface area contributed by atoms with Gasteiger partial charge in [-0.15, -0.1) is 0 Å². The van der Waals surface area contributed by atoms with Crippen molar-refractivity contribution in [2.45, 2.75) is 11.3 Å². The highest BCUT2D eigenvalue weighted by atomic mass is 32.2. The molecule has 1 fully saturated rings. The van der Waals surface area contributed by atoms with Crippen LogP contribution in [0.1, 0.15) is 16.8 Å². The van der Waals surface area contributed by atoms with Gasteiger partial charge in [-0.05, 0) is 24.3 Å². The Morgan fingerprint density at radius 2 is 1.80 bits per heavy atom. The van der Waals surface area contributed by atoms with Crippen LogP contribution in [0.3, 0.4) is 0 Å². The van der Waals surface area contributed by atoms with E-state index < -0.39 is 15.8 Å². The van der Waals surface area contributed by atoms with Gasteiger partial charge in [-0.1, -0.05) is 0 Å². The highest BCUT2D eigenvalue weighted by Gasteiger charge is 2.32. The topological polar surface area (TPSA) is 91.8 Å². The van der Waals surface area contributed by atoms with E-state index in [2.05, 4.69) is 0 Å². The van der Waals surface area contributed by atoms with E-state index in [1.54, 1.807) is 4.90 Å². The molecule has 0 bridgehead atoms. The van der Waals surface area contributed by atoms with Crippen molar-refractivity contribution in [3.05, 3.63) is 29.8 Å². The van der Waals surface area contributed by atoms with Gasteiger partial charge < -0.3 is 10.0 Å². The van der Waals surface area contributed by atoms with E-state index in [0.717, 1.165) is 6.26 Å². The number of sulfone groups is 1. The van der Waals surface area contributed by atoms with Crippen molar-refractivity contribution in [2.75, 3.05) is 19.3 Å². The Morgan fingerprint density at radius 3 is 2.25 bits per heavy atom. The van der Waals surface area contributed by atoms with Crippen LogP contribution in [0, 0.1) is 5.92 Å². The molecule has 1 aromatic rings. The maximum absolute atomic E-state index is 12.0. The molecule has 2 rings (SSSR count). The first kappa shape index (κ1) is 14.5. The van der Waals surface area contributed by atoms with Gasteiger partial charge in [0.15, 0.2) is 9.84 Å². The summed E-state index contributed by atoms with van der Waals surface area (Å²) in [5.74, 6) is -1.06. The van der Waals surface area contributed by atoms with Crippen LogP contribution in [0.15, 0.2) is 29.2 Å². The molecule has 7 heteroatoms. The number of carboxylic acids is 1. The number of hydrogen-bond donors (Lipinski definition) is 1. The Morgan fingerprint density at radius 1 is 1.25 bits per heavy atom. The molecule has 0 spiro atoms. The summed E-state index contributed by atoms with van der Waals surface area (Å²) in [5, 5.41) is 8.64. The van der Waals surface area contributed by atoms with Crippen molar-refractivity contribution in [3.63, 3.8) is 0 Å². The van der Waals surface area contributed by atoms with Crippen LogP contribution in [-0.2, 0) is 14.6 Å². The van der Waals surface area contributed by atoms with Crippen LogP contribution >= 0.6 is 0 Å². The summed E-state index contributed by atoms with van der Waals surface area (Å²) in [6.07, 6.45) is 1.17. The molecular weight excluding hydrogens is 282 g/mol. The summed E-state index contributed by atoms with van der Waals surface area (Å²) < 4.78 is 22.6. The second-order valence-corrected chi connectivity index (χ2v) is 6.99. The minimum absolute atomic E-state index is 0.00624. The predicted octanol–water partition coefficient (Wildman–Crippen LogP) is 0.637. The second-order valence-electron chi connectivity index (χ2n) is 4.97. The highest BCUT2D eigenvalue weighted by Crippen LogP contribution is 2.22. The first-order valence-corrected chi connectivity index (χ1v) is 7.97. The lowest BCUT2D eigenvalue weighted by molar-refractivity contribution is -0.139. The molecule has 1 heterocycles. The lowest BCUT2D eigenvalue weighted by Crippen LogP contribution is -2.50. The van der Waals surface area contributed by atoms with Gasteiger partial charge in [-0.25, -0.2) is 8.42 Å². The van der Waals surface area contributed by atoms with Gasteiger partial charge in [0.2, 0.25) is 0 Å². The number of amides is 1. The summed E-state index contributed by atoms with van der Waals surface area (Å²) in [6.45, 7) is 0.859. The summed E-state index contributed by atoms with van der Waals surface area (Å²) in [6, 6.07) is 5.75. The first-order chi connectivity index (χ1) is 9.27. The molecule has 1 saturated heterocycles. The van der Waals surface area contributed by atoms with E-state index in [9.17, 15) is 18.0 Å². The summed E-state index contributed by atoms with van der Waals surface area (Å²) in [5.41, 5.74) is 0.408. The third kappa shape index (κ3) is 3.16. The largest absolute Gasteiger partial charge is 0.481 e. The fourth-order valence-corrected chi connectivity index (χ4v) is 2.77. The van der Waals surface area contributed by atoms with Crippen molar-refractivity contribution in [3.8, 4) is 0 Å². The van der Waals surface area contributed by atoms with E-state index in [-0.39, 0.29) is 23.1 Å². The Balaban J connectivity index is 2.00. The van der Waals surface area contributed by atoms with Crippen molar-refractivity contribution >= 4 is 21.7 Å². The molecule has 1 aliphatic heterocycles. The Hall–Kier alpha value is -1.89. The maximum Gasteiger partial charge on any atom is 0.303 e. The normalized spacial score (nSPS) is 15.8. The molecule has 0 saturated carbocycles. The fourth-order valence-electron chi connectivity index (χ4n) is 2.14. The zero-order valence-corrected chi connectivity index (χ0v) is 11.8. The van der Waals surface area contributed by atoms with Gasteiger partial charge in [-0.3, -0.25) is 9.59 Å². The standard InChI is InChI=1S/C13H15NO5S/c1-20(18,19)11-4-2-10(3-5-11)13(17)14-7-9(8-14)6-12(15)16/h2-5,9H,6-8H2,1H3,(H,15,16). The molecule has 1 N–H and O–H groups in total. The van der Waals surface area contributed by atoms with E-state index >= 15 is 0 Å². The third-order valence-electron chi connectivity index (χ3n) is 3.24. The third-order valence-corrected chi connectivity index (χ3v) is 4.37. The average molecular weight is 297 g/mol. The van der Waals surface area contributed by atoms with E-state index in [1.165, 1.54) is 24.3 Å². The molecule has 0 radical (unpaired) electrons. The van der Waals surface area contributed by atoms with Crippen molar-refractivity contribution in [1.82, 2.24) is 4.90 Å². The predicted molar refractivity (Wildman–Crippen MR) is 71.2 cm³/mol. The van der Waals surface area contributed by atoms with Crippen LogP contribution in [-0.4, -0.2) is 49.6 Å². The highest BCUT2D eigenvalue weighted by molar-refractivity contribution is 7.90. The molecule has 1 amide bonds. The van der Waals surface area contributed by atoms with Crippen LogP contribution in [0.5, 0.6) is 0 Å². The van der Waals surface area contributed by atoms with Crippen LogP contribution in [0.2, 0.25) is 0 Å². The monoisotopic (exact) mass is 297 g/mol. The number of hydrogen-bond acceptors (Lipinski definition) is 4. The van der Waals surface area contributed by atoms with Crippen LogP contribution < -0.4 is 0 Å². The Labute approximate surface area is 116 Å². The molecule has 108 valence electrons. The average Bonchev–Trinajstić information content (AvgIpc) is 2.31. The molecule has 0 unspecified atom stereocenters. The van der Waals surface area contributed by atoms with Crippen molar-refractivity contribution in [1.29, 1.82) is 0 Å². The number of rotatable bonds is 4. The Bertz CT molecular complexity index is 629. The molecule has 0 atom stereocenters. The van der Waals surface area contributed by atoms with Gasteiger partial charge >= 0.3 is 5.97 Å². The number of carbonyl (C=O) groups is 2. The number of benzene rings is 1. The van der Waals surface area contributed by atoms with E-state index in [1.807, 2.05) is 0 Å². The smallest absolute Gasteiger partial charge is 0.303 e. The molecular formula is C13H15NO5S. The van der Waals surface area contributed by atoms with E-state index in [4.69, 9.17) is 5.11 Å². The molecule has 1 aromatic carbocycles. The van der Waals surface area contributed by atoms with Crippen molar-refractivity contribution < 1.29 is 23.1 Å². The molecule has 20 heavy (non-hydrogen) atoms. The Kier molecular flexibility index (Phi) is 3.80.